The lowest BCUT2D eigenvalue weighted by molar-refractivity contribution is -0.137. The molecule has 4 rings (SSSR count). The molecule has 2 aromatic carbocycles. The van der Waals surface area contributed by atoms with Gasteiger partial charge in [0, 0.05) is 63.2 Å². The molecule has 3 N–H and O–H groups in total. The first-order valence-corrected chi connectivity index (χ1v) is 15.4. The number of piperazine rings is 1. The fourth-order valence-electron chi connectivity index (χ4n) is 5.10. The van der Waals surface area contributed by atoms with E-state index in [1.165, 1.54) is 23.0 Å². The van der Waals surface area contributed by atoms with E-state index in [9.17, 15) is 19.2 Å². The summed E-state index contributed by atoms with van der Waals surface area (Å²) in [5.41, 5.74) is 1.37. The summed E-state index contributed by atoms with van der Waals surface area (Å²) < 4.78 is 16.9. The SMILES string of the molecule is CCC(=O)N[C@H](Cc1ccc(NC(=O)[C@H](Cc2cccc(Cl)c2)NC(=O)c2ccnn2CC)c(F)c1)C(=O)N1CCN(C)CC1. The van der Waals surface area contributed by atoms with E-state index in [-0.39, 0.29) is 42.5 Å². The van der Waals surface area contributed by atoms with E-state index in [2.05, 4.69) is 25.9 Å². The maximum atomic E-state index is 15.4. The smallest absolute Gasteiger partial charge is 0.270 e. The molecule has 2 heterocycles. The fraction of sp³-hybridized carbons (Fsp3) is 0.406. The number of aromatic nitrogens is 2. The number of carbonyl (C=O) groups excluding carboxylic acids is 4. The van der Waals surface area contributed by atoms with Crippen LogP contribution in [0.15, 0.2) is 54.7 Å². The maximum Gasteiger partial charge on any atom is 0.270 e. The van der Waals surface area contributed by atoms with Crippen LogP contribution in [-0.4, -0.2) is 88.5 Å². The van der Waals surface area contributed by atoms with Gasteiger partial charge in [0.05, 0.1) is 5.69 Å². The van der Waals surface area contributed by atoms with Gasteiger partial charge in [0.1, 0.15) is 23.6 Å². The van der Waals surface area contributed by atoms with E-state index in [0.717, 1.165) is 13.1 Å². The normalized spacial score (nSPS) is 14.8. The monoisotopic (exact) mass is 639 g/mol. The van der Waals surface area contributed by atoms with Gasteiger partial charge in [-0.2, -0.15) is 5.10 Å². The van der Waals surface area contributed by atoms with E-state index in [0.29, 0.717) is 35.8 Å². The Kier molecular flexibility index (Phi) is 11.7. The maximum absolute atomic E-state index is 15.4. The van der Waals surface area contributed by atoms with Crippen LogP contribution in [-0.2, 0) is 33.8 Å². The Hall–Kier alpha value is -4.29. The fourth-order valence-corrected chi connectivity index (χ4v) is 5.32. The number of rotatable bonds is 12. The average molecular weight is 640 g/mol. The first kappa shape index (κ1) is 33.6. The Bertz CT molecular complexity index is 1520. The molecule has 3 aromatic rings. The summed E-state index contributed by atoms with van der Waals surface area (Å²) in [5.74, 6) is -2.34. The number of halogens is 2. The quantitative estimate of drug-likeness (QED) is 0.280. The molecule has 1 saturated heterocycles. The highest BCUT2D eigenvalue weighted by Gasteiger charge is 2.29. The summed E-state index contributed by atoms with van der Waals surface area (Å²) in [6.07, 6.45) is 1.89. The van der Waals surface area contributed by atoms with Gasteiger partial charge in [0.2, 0.25) is 17.7 Å². The third-order valence-electron chi connectivity index (χ3n) is 7.70. The second-order valence-corrected chi connectivity index (χ2v) is 11.4. The van der Waals surface area contributed by atoms with Gasteiger partial charge in [0.25, 0.3) is 5.91 Å². The average Bonchev–Trinajstić information content (AvgIpc) is 3.51. The number of anilines is 1. The molecule has 2 atom stereocenters. The van der Waals surface area contributed by atoms with Crippen molar-refractivity contribution in [3.05, 3.63) is 82.4 Å². The second-order valence-electron chi connectivity index (χ2n) is 11.0. The van der Waals surface area contributed by atoms with Crippen molar-refractivity contribution in [2.45, 2.75) is 51.7 Å². The third-order valence-corrected chi connectivity index (χ3v) is 7.94. The largest absolute Gasteiger partial charge is 0.344 e. The van der Waals surface area contributed by atoms with Crippen LogP contribution in [0.25, 0.3) is 0 Å². The first-order valence-electron chi connectivity index (χ1n) is 15.0. The van der Waals surface area contributed by atoms with Crippen molar-refractivity contribution in [3.63, 3.8) is 0 Å². The van der Waals surface area contributed by atoms with Gasteiger partial charge in [-0.1, -0.05) is 36.7 Å². The molecule has 1 fully saturated rings. The minimum Gasteiger partial charge on any atom is -0.344 e. The summed E-state index contributed by atoms with van der Waals surface area (Å²) in [4.78, 5) is 56.0. The molecular formula is C32H39ClFN7O4. The lowest BCUT2D eigenvalue weighted by Gasteiger charge is -2.34. The van der Waals surface area contributed by atoms with Crippen LogP contribution in [0.2, 0.25) is 5.02 Å². The molecule has 11 nitrogen and oxygen atoms in total. The molecule has 45 heavy (non-hydrogen) atoms. The first-order chi connectivity index (χ1) is 21.6. The van der Waals surface area contributed by atoms with Crippen LogP contribution in [0.4, 0.5) is 10.1 Å². The van der Waals surface area contributed by atoms with Crippen molar-refractivity contribution in [1.29, 1.82) is 0 Å². The highest BCUT2D eigenvalue weighted by molar-refractivity contribution is 6.30. The highest BCUT2D eigenvalue weighted by Crippen LogP contribution is 2.20. The Labute approximate surface area is 267 Å². The number of hydrogen-bond donors (Lipinski definition) is 3. The number of nitrogens with one attached hydrogen (secondary N) is 3. The number of benzene rings is 2. The minimum absolute atomic E-state index is 0.0839. The summed E-state index contributed by atoms with van der Waals surface area (Å²) in [7, 11) is 1.98. The Balaban J connectivity index is 1.50. The van der Waals surface area contributed by atoms with Gasteiger partial charge >= 0.3 is 0 Å². The summed E-state index contributed by atoms with van der Waals surface area (Å²) in [6, 6.07) is 10.8. The van der Waals surface area contributed by atoms with Gasteiger partial charge in [-0.15, -0.1) is 0 Å². The minimum atomic E-state index is -1.06. The number of hydrogen-bond acceptors (Lipinski definition) is 6. The van der Waals surface area contributed by atoms with Crippen LogP contribution in [0, 0.1) is 5.82 Å². The molecule has 4 amide bonds. The van der Waals surface area contributed by atoms with Gasteiger partial charge in [-0.05, 0) is 55.4 Å². The highest BCUT2D eigenvalue weighted by atomic mass is 35.5. The molecule has 13 heteroatoms. The molecular weight excluding hydrogens is 601 g/mol. The van der Waals surface area contributed by atoms with Gasteiger partial charge in [-0.25, -0.2) is 4.39 Å². The topological polar surface area (TPSA) is 129 Å². The molecule has 1 aliphatic rings. The molecule has 0 bridgehead atoms. The molecule has 0 unspecified atom stereocenters. The summed E-state index contributed by atoms with van der Waals surface area (Å²) in [6.45, 7) is 6.54. The predicted molar refractivity (Wildman–Crippen MR) is 169 cm³/mol. The number of aryl methyl sites for hydroxylation is 1. The van der Waals surface area contributed by atoms with E-state index in [4.69, 9.17) is 11.6 Å². The molecule has 1 aliphatic heterocycles. The summed E-state index contributed by atoms with van der Waals surface area (Å²) >= 11 is 6.14. The van der Waals surface area contributed by atoms with Crippen LogP contribution in [0.3, 0.4) is 0 Å². The van der Waals surface area contributed by atoms with E-state index < -0.39 is 29.7 Å². The van der Waals surface area contributed by atoms with Crippen molar-refractivity contribution >= 4 is 40.9 Å². The standard InChI is InChI=1S/C32H39ClFN7O4/c1-4-29(42)36-27(32(45)40-15-13-39(3)14-16-40)20-22-9-10-25(24(34)18-22)37-30(43)26(19-21-7-6-8-23(33)17-21)38-31(44)28-11-12-35-41(28)5-2/h6-12,17-18,26-27H,4-5,13-16,19-20H2,1-3H3,(H,36,42)(H,37,43)(H,38,44)/t26-,27+/m0/s1. The number of likely N-dealkylation sites (N-methyl/N-ethyl adjacent to an activating group) is 1. The van der Waals surface area contributed by atoms with Crippen LogP contribution in [0.1, 0.15) is 41.9 Å². The Morgan fingerprint density at radius 1 is 0.933 bits per heavy atom. The van der Waals surface area contributed by atoms with Crippen molar-refractivity contribution in [1.82, 2.24) is 30.2 Å². The van der Waals surface area contributed by atoms with Crippen molar-refractivity contribution in [2.75, 3.05) is 38.5 Å². The number of carbonyl (C=O) groups is 4. The predicted octanol–water partition coefficient (Wildman–Crippen LogP) is 2.89. The van der Waals surface area contributed by atoms with E-state index in [1.54, 1.807) is 48.2 Å². The zero-order valence-corrected chi connectivity index (χ0v) is 26.4. The molecule has 240 valence electrons. The number of nitrogens with zero attached hydrogens (tertiary/aromatic N) is 4. The van der Waals surface area contributed by atoms with E-state index >= 15 is 4.39 Å². The lowest BCUT2D eigenvalue weighted by Crippen LogP contribution is -2.54. The van der Waals surface area contributed by atoms with Gasteiger partial charge in [0.15, 0.2) is 0 Å². The molecule has 1 aromatic heterocycles. The van der Waals surface area contributed by atoms with Crippen molar-refractivity contribution in [3.8, 4) is 0 Å². The van der Waals surface area contributed by atoms with Crippen LogP contribution in [0.5, 0.6) is 0 Å². The zero-order chi connectivity index (χ0) is 32.5. The Morgan fingerprint density at radius 2 is 1.64 bits per heavy atom. The lowest BCUT2D eigenvalue weighted by atomic mass is 10.0. The Morgan fingerprint density at radius 3 is 2.31 bits per heavy atom. The van der Waals surface area contributed by atoms with Crippen LogP contribution < -0.4 is 16.0 Å². The number of amides is 4. The van der Waals surface area contributed by atoms with Gasteiger partial charge in [-0.3, -0.25) is 23.9 Å². The molecule has 0 saturated carbocycles. The third kappa shape index (κ3) is 9.11. The second kappa shape index (κ2) is 15.6. The van der Waals surface area contributed by atoms with Crippen LogP contribution >= 0.6 is 11.6 Å². The van der Waals surface area contributed by atoms with E-state index in [1.807, 2.05) is 14.0 Å². The molecule has 0 radical (unpaired) electrons. The summed E-state index contributed by atoms with van der Waals surface area (Å²) in [5, 5.41) is 12.7. The van der Waals surface area contributed by atoms with Crippen molar-refractivity contribution in [2.24, 2.45) is 0 Å². The molecule has 0 spiro atoms. The van der Waals surface area contributed by atoms with Gasteiger partial charge < -0.3 is 25.8 Å². The zero-order valence-electron chi connectivity index (χ0n) is 25.7. The molecule has 0 aliphatic carbocycles. The van der Waals surface area contributed by atoms with Crippen molar-refractivity contribution < 1.29 is 23.6 Å².